The molecule has 19 heavy (non-hydrogen) atoms. The molecule has 0 spiro atoms. The van der Waals surface area contributed by atoms with E-state index >= 15 is 0 Å². The largest absolute Gasteiger partial charge is 0.497 e. The second-order valence-corrected chi connectivity index (χ2v) is 6.12. The molecule has 0 aliphatic rings. The summed E-state index contributed by atoms with van der Waals surface area (Å²) in [5.74, 6) is 2.30. The molecular formula is C16H27NO2. The first-order chi connectivity index (χ1) is 8.85. The van der Waals surface area contributed by atoms with E-state index in [2.05, 4.69) is 39.1 Å². The van der Waals surface area contributed by atoms with Gasteiger partial charge in [0.1, 0.15) is 11.5 Å². The highest BCUT2D eigenvalue weighted by atomic mass is 16.5. The average molecular weight is 265 g/mol. The maximum absolute atomic E-state index is 5.43. The Kier molecular flexibility index (Phi) is 5.67. The van der Waals surface area contributed by atoms with E-state index in [0.717, 1.165) is 24.5 Å². The Morgan fingerprint density at radius 2 is 1.84 bits per heavy atom. The Morgan fingerprint density at radius 3 is 2.37 bits per heavy atom. The summed E-state index contributed by atoms with van der Waals surface area (Å²) in [6, 6.07) is 6.02. The van der Waals surface area contributed by atoms with Crippen molar-refractivity contribution in [2.24, 2.45) is 5.92 Å². The van der Waals surface area contributed by atoms with Crippen LogP contribution in [0.5, 0.6) is 11.5 Å². The van der Waals surface area contributed by atoms with Gasteiger partial charge in [0, 0.05) is 11.6 Å². The van der Waals surface area contributed by atoms with E-state index in [1.165, 1.54) is 5.56 Å². The maximum atomic E-state index is 5.43. The van der Waals surface area contributed by atoms with Crippen molar-refractivity contribution in [2.45, 2.75) is 39.7 Å². The van der Waals surface area contributed by atoms with E-state index in [1.54, 1.807) is 14.2 Å². The summed E-state index contributed by atoms with van der Waals surface area (Å²) in [5, 5.41) is 3.54. The highest BCUT2D eigenvalue weighted by Crippen LogP contribution is 2.26. The Balaban J connectivity index is 2.65. The lowest BCUT2D eigenvalue weighted by atomic mass is 9.98. The molecule has 1 aromatic carbocycles. The van der Waals surface area contributed by atoms with Crippen LogP contribution in [-0.2, 0) is 6.42 Å². The number of benzene rings is 1. The summed E-state index contributed by atoms with van der Waals surface area (Å²) in [4.78, 5) is 0. The van der Waals surface area contributed by atoms with Crippen molar-refractivity contribution in [3.05, 3.63) is 23.8 Å². The zero-order valence-electron chi connectivity index (χ0n) is 13.0. The van der Waals surface area contributed by atoms with Crippen molar-refractivity contribution in [3.63, 3.8) is 0 Å². The Morgan fingerprint density at radius 1 is 1.16 bits per heavy atom. The van der Waals surface area contributed by atoms with Crippen molar-refractivity contribution in [1.82, 2.24) is 5.32 Å². The summed E-state index contributed by atoms with van der Waals surface area (Å²) in [6.07, 6.45) is 0.996. The van der Waals surface area contributed by atoms with Crippen LogP contribution in [0.3, 0.4) is 0 Å². The molecule has 1 rings (SSSR count). The van der Waals surface area contributed by atoms with Gasteiger partial charge in [0.25, 0.3) is 0 Å². The molecule has 3 nitrogen and oxygen atoms in total. The van der Waals surface area contributed by atoms with Crippen LogP contribution >= 0.6 is 0 Å². The topological polar surface area (TPSA) is 30.5 Å². The molecule has 0 aliphatic heterocycles. The highest BCUT2D eigenvalue weighted by Gasteiger charge is 2.13. The molecule has 0 aromatic heterocycles. The normalized spacial score (nSPS) is 13.2. The van der Waals surface area contributed by atoms with Gasteiger partial charge in [0.15, 0.2) is 0 Å². The summed E-state index contributed by atoms with van der Waals surface area (Å²) in [7, 11) is 3.38. The van der Waals surface area contributed by atoms with Gasteiger partial charge in [0.2, 0.25) is 0 Å². The zero-order chi connectivity index (χ0) is 14.5. The first kappa shape index (κ1) is 15.8. The monoisotopic (exact) mass is 265 g/mol. The van der Waals surface area contributed by atoms with Crippen molar-refractivity contribution in [2.75, 3.05) is 20.8 Å². The maximum Gasteiger partial charge on any atom is 0.125 e. The van der Waals surface area contributed by atoms with E-state index in [1.807, 2.05) is 12.1 Å². The number of ether oxygens (including phenoxy) is 2. The first-order valence-corrected chi connectivity index (χ1v) is 6.81. The number of nitrogens with one attached hydrogen (secondary N) is 1. The second-order valence-electron chi connectivity index (χ2n) is 6.12. The lowest BCUT2D eigenvalue weighted by Crippen LogP contribution is -2.39. The van der Waals surface area contributed by atoms with Gasteiger partial charge in [-0.25, -0.2) is 0 Å². The number of rotatable bonds is 6. The smallest absolute Gasteiger partial charge is 0.125 e. The first-order valence-electron chi connectivity index (χ1n) is 6.81. The van der Waals surface area contributed by atoms with Gasteiger partial charge in [0.05, 0.1) is 14.2 Å². The standard InChI is InChI=1S/C16H27NO2/c1-12(11-17-16(2,3)4)9-13-7-8-14(18-5)10-15(13)19-6/h7-8,10,12,17H,9,11H2,1-6H3. The summed E-state index contributed by atoms with van der Waals surface area (Å²) >= 11 is 0. The fourth-order valence-corrected chi connectivity index (χ4v) is 1.95. The van der Waals surface area contributed by atoms with E-state index < -0.39 is 0 Å². The molecule has 0 radical (unpaired) electrons. The molecule has 0 saturated heterocycles. The van der Waals surface area contributed by atoms with Crippen molar-refractivity contribution >= 4 is 0 Å². The minimum Gasteiger partial charge on any atom is -0.497 e. The van der Waals surface area contributed by atoms with E-state index in [4.69, 9.17) is 9.47 Å². The van der Waals surface area contributed by atoms with E-state index in [0.29, 0.717) is 5.92 Å². The molecule has 0 fully saturated rings. The van der Waals surface area contributed by atoms with Gasteiger partial charge >= 0.3 is 0 Å². The average Bonchev–Trinajstić information content (AvgIpc) is 2.36. The van der Waals surface area contributed by atoms with Crippen molar-refractivity contribution < 1.29 is 9.47 Å². The van der Waals surface area contributed by atoms with Crippen LogP contribution in [0.15, 0.2) is 18.2 Å². The summed E-state index contributed by atoms with van der Waals surface area (Å²) in [5.41, 5.74) is 1.39. The quantitative estimate of drug-likeness (QED) is 0.856. The molecule has 0 heterocycles. The summed E-state index contributed by atoms with van der Waals surface area (Å²) in [6.45, 7) is 9.82. The highest BCUT2D eigenvalue weighted by molar-refractivity contribution is 5.40. The van der Waals surface area contributed by atoms with Gasteiger partial charge in [-0.1, -0.05) is 13.0 Å². The third-order valence-corrected chi connectivity index (χ3v) is 3.04. The van der Waals surface area contributed by atoms with Crippen LogP contribution in [0.1, 0.15) is 33.3 Å². The van der Waals surface area contributed by atoms with Gasteiger partial charge in [-0.05, 0) is 51.3 Å². The third kappa shape index (κ3) is 5.52. The molecule has 0 aliphatic carbocycles. The molecule has 108 valence electrons. The number of hydrogen-bond acceptors (Lipinski definition) is 3. The molecule has 1 unspecified atom stereocenters. The van der Waals surface area contributed by atoms with Crippen molar-refractivity contribution in [1.29, 1.82) is 0 Å². The van der Waals surface area contributed by atoms with E-state index in [-0.39, 0.29) is 5.54 Å². The van der Waals surface area contributed by atoms with Gasteiger partial charge in [-0.2, -0.15) is 0 Å². The van der Waals surface area contributed by atoms with Crippen LogP contribution in [-0.4, -0.2) is 26.3 Å². The van der Waals surface area contributed by atoms with Gasteiger partial charge < -0.3 is 14.8 Å². The molecule has 0 bridgehead atoms. The molecular weight excluding hydrogens is 238 g/mol. The lowest BCUT2D eigenvalue weighted by Gasteiger charge is -2.24. The number of methoxy groups -OCH3 is 2. The van der Waals surface area contributed by atoms with E-state index in [9.17, 15) is 0 Å². The predicted molar refractivity (Wildman–Crippen MR) is 80.2 cm³/mol. The lowest BCUT2D eigenvalue weighted by molar-refractivity contribution is 0.371. The Bertz CT molecular complexity index is 396. The molecule has 1 atom stereocenters. The summed E-state index contributed by atoms with van der Waals surface area (Å²) < 4.78 is 10.7. The van der Waals surface area contributed by atoms with Crippen LogP contribution < -0.4 is 14.8 Å². The number of hydrogen-bond donors (Lipinski definition) is 1. The minimum absolute atomic E-state index is 0.165. The van der Waals surface area contributed by atoms with Crippen molar-refractivity contribution in [3.8, 4) is 11.5 Å². The van der Waals surface area contributed by atoms with Crippen LogP contribution in [0.25, 0.3) is 0 Å². The fourth-order valence-electron chi connectivity index (χ4n) is 1.95. The Hall–Kier alpha value is -1.22. The molecule has 1 aromatic rings. The third-order valence-electron chi connectivity index (χ3n) is 3.04. The SMILES string of the molecule is COc1ccc(CC(C)CNC(C)(C)C)c(OC)c1. The Labute approximate surface area is 117 Å². The zero-order valence-corrected chi connectivity index (χ0v) is 13.0. The van der Waals surface area contributed by atoms with Gasteiger partial charge in [-0.15, -0.1) is 0 Å². The molecule has 0 saturated carbocycles. The van der Waals surface area contributed by atoms with Crippen LogP contribution in [0.4, 0.5) is 0 Å². The fraction of sp³-hybridized carbons (Fsp3) is 0.625. The van der Waals surface area contributed by atoms with Crippen LogP contribution in [0.2, 0.25) is 0 Å². The minimum atomic E-state index is 0.165. The molecule has 1 N–H and O–H groups in total. The van der Waals surface area contributed by atoms with Gasteiger partial charge in [-0.3, -0.25) is 0 Å². The second kappa shape index (κ2) is 6.80. The van der Waals surface area contributed by atoms with Crippen LogP contribution in [0, 0.1) is 5.92 Å². The predicted octanol–water partition coefficient (Wildman–Crippen LogP) is 3.27. The molecule has 0 amide bonds. The molecule has 3 heteroatoms.